The molecule has 1 aliphatic carbocycles. The van der Waals surface area contributed by atoms with Gasteiger partial charge in [0.25, 0.3) is 0 Å². The fourth-order valence-electron chi connectivity index (χ4n) is 0.802. The number of carbonyl (C=O) groups excluding carboxylic acids is 1. The molecule has 0 aromatic rings. The molecule has 1 aliphatic rings. The number of allylic oxidation sites excluding steroid dienone is 1. The molecule has 1 unspecified atom stereocenters. The summed E-state index contributed by atoms with van der Waals surface area (Å²) in [5.41, 5.74) is 4.98. The van der Waals surface area contributed by atoms with Crippen molar-refractivity contribution in [2.24, 2.45) is 17.6 Å². The zero-order valence-electron chi connectivity index (χ0n) is 4.63. The van der Waals surface area contributed by atoms with E-state index < -0.39 is 0 Å². The van der Waals surface area contributed by atoms with Gasteiger partial charge in [-0.15, -0.1) is 6.58 Å². The Hall–Kier alpha value is -0.790. The summed E-state index contributed by atoms with van der Waals surface area (Å²) in [5, 5.41) is 0. The predicted molar refractivity (Wildman–Crippen MR) is 31.0 cm³/mol. The van der Waals surface area contributed by atoms with Crippen molar-refractivity contribution in [1.29, 1.82) is 0 Å². The third-order valence-electron chi connectivity index (χ3n) is 1.51. The summed E-state index contributed by atoms with van der Waals surface area (Å²) in [4.78, 5) is 10.3. The summed E-state index contributed by atoms with van der Waals surface area (Å²) in [6.07, 6.45) is 2.70. The van der Waals surface area contributed by atoms with Crippen LogP contribution in [0, 0.1) is 11.8 Å². The van der Waals surface area contributed by atoms with E-state index in [9.17, 15) is 4.79 Å². The predicted octanol–water partition coefficient (Wildman–Crippen LogP) is 0.294. The highest BCUT2D eigenvalue weighted by Crippen LogP contribution is 2.38. The molecule has 0 radical (unpaired) electrons. The van der Waals surface area contributed by atoms with Crippen molar-refractivity contribution < 1.29 is 4.79 Å². The summed E-state index contributed by atoms with van der Waals surface area (Å²) in [6.45, 7) is 3.55. The minimum atomic E-state index is -0.185. The van der Waals surface area contributed by atoms with E-state index in [0.29, 0.717) is 5.92 Å². The van der Waals surface area contributed by atoms with Gasteiger partial charge in [-0.2, -0.15) is 0 Å². The van der Waals surface area contributed by atoms with Crippen LogP contribution in [0.2, 0.25) is 0 Å². The van der Waals surface area contributed by atoms with Gasteiger partial charge in [-0.1, -0.05) is 6.08 Å². The van der Waals surface area contributed by atoms with Gasteiger partial charge in [0.2, 0.25) is 5.91 Å². The van der Waals surface area contributed by atoms with E-state index in [1.165, 1.54) is 0 Å². The minimum absolute atomic E-state index is 0.104. The quantitative estimate of drug-likeness (QED) is 0.511. The maximum atomic E-state index is 10.3. The van der Waals surface area contributed by atoms with Crippen LogP contribution in [0.1, 0.15) is 6.42 Å². The molecule has 2 nitrogen and oxygen atoms in total. The minimum Gasteiger partial charge on any atom is -0.369 e. The molecule has 0 saturated heterocycles. The summed E-state index contributed by atoms with van der Waals surface area (Å²) in [5.74, 6) is 0.301. The first-order valence-corrected chi connectivity index (χ1v) is 2.67. The van der Waals surface area contributed by atoms with Crippen LogP contribution in [-0.2, 0) is 4.79 Å². The molecule has 0 aliphatic heterocycles. The highest BCUT2D eigenvalue weighted by atomic mass is 16.1. The van der Waals surface area contributed by atoms with E-state index in [4.69, 9.17) is 5.73 Å². The Bertz CT molecular complexity index is 130. The lowest BCUT2D eigenvalue weighted by Gasteiger charge is -1.82. The van der Waals surface area contributed by atoms with E-state index in [0.717, 1.165) is 6.42 Å². The van der Waals surface area contributed by atoms with Gasteiger partial charge in [0.15, 0.2) is 0 Å². The lowest BCUT2D eigenvalue weighted by molar-refractivity contribution is -0.119. The average molecular weight is 111 g/mol. The first-order valence-electron chi connectivity index (χ1n) is 2.67. The Labute approximate surface area is 48.4 Å². The lowest BCUT2D eigenvalue weighted by Crippen LogP contribution is -2.13. The molecule has 1 rings (SSSR count). The Morgan fingerprint density at radius 3 is 2.62 bits per heavy atom. The molecule has 1 saturated carbocycles. The second kappa shape index (κ2) is 1.62. The van der Waals surface area contributed by atoms with Crippen LogP contribution in [0.5, 0.6) is 0 Å². The zero-order chi connectivity index (χ0) is 6.15. The largest absolute Gasteiger partial charge is 0.369 e. The third kappa shape index (κ3) is 0.735. The molecule has 1 fully saturated rings. The van der Waals surface area contributed by atoms with E-state index in [1.54, 1.807) is 6.08 Å². The Morgan fingerprint density at radius 2 is 2.50 bits per heavy atom. The molecule has 2 N–H and O–H groups in total. The maximum Gasteiger partial charge on any atom is 0.221 e. The van der Waals surface area contributed by atoms with E-state index >= 15 is 0 Å². The van der Waals surface area contributed by atoms with Gasteiger partial charge >= 0.3 is 0 Å². The maximum absolute atomic E-state index is 10.3. The Morgan fingerprint density at radius 1 is 1.88 bits per heavy atom. The number of carbonyl (C=O) groups is 1. The highest BCUT2D eigenvalue weighted by molar-refractivity contribution is 5.80. The number of hydrogen-bond donors (Lipinski definition) is 1. The van der Waals surface area contributed by atoms with Gasteiger partial charge in [-0.3, -0.25) is 4.79 Å². The van der Waals surface area contributed by atoms with Crippen molar-refractivity contribution in [3.8, 4) is 0 Å². The van der Waals surface area contributed by atoms with Crippen LogP contribution in [-0.4, -0.2) is 5.91 Å². The van der Waals surface area contributed by atoms with Crippen molar-refractivity contribution in [1.82, 2.24) is 0 Å². The lowest BCUT2D eigenvalue weighted by atomic mass is 10.3. The number of amides is 1. The second-order valence-corrected chi connectivity index (χ2v) is 2.14. The normalized spacial score (nSPS) is 34.0. The molecule has 2 atom stereocenters. The van der Waals surface area contributed by atoms with Crippen LogP contribution < -0.4 is 5.73 Å². The number of hydrogen-bond acceptors (Lipinski definition) is 1. The molecule has 2 heteroatoms. The summed E-state index contributed by atoms with van der Waals surface area (Å²) < 4.78 is 0. The van der Waals surface area contributed by atoms with Gasteiger partial charge < -0.3 is 5.73 Å². The zero-order valence-corrected chi connectivity index (χ0v) is 4.63. The van der Waals surface area contributed by atoms with Crippen LogP contribution in [0.15, 0.2) is 12.7 Å². The second-order valence-electron chi connectivity index (χ2n) is 2.14. The monoisotopic (exact) mass is 111 g/mol. The SMILES string of the molecule is C=C[C@@H]1CC1C(N)=O. The van der Waals surface area contributed by atoms with Crippen LogP contribution in [0.3, 0.4) is 0 Å². The Kier molecular flexibility index (Phi) is 1.08. The van der Waals surface area contributed by atoms with Crippen molar-refractivity contribution in [2.75, 3.05) is 0 Å². The highest BCUT2D eigenvalue weighted by Gasteiger charge is 2.38. The van der Waals surface area contributed by atoms with Gasteiger partial charge in [0, 0.05) is 5.92 Å². The molecule has 1 amide bonds. The van der Waals surface area contributed by atoms with Crippen molar-refractivity contribution in [2.45, 2.75) is 6.42 Å². The van der Waals surface area contributed by atoms with Crippen LogP contribution in [0.25, 0.3) is 0 Å². The summed E-state index contributed by atoms with van der Waals surface area (Å²) >= 11 is 0. The average Bonchev–Trinajstić information content (AvgIpc) is 2.42. The van der Waals surface area contributed by atoms with Crippen molar-refractivity contribution in [3.05, 3.63) is 12.7 Å². The van der Waals surface area contributed by atoms with E-state index in [-0.39, 0.29) is 11.8 Å². The van der Waals surface area contributed by atoms with E-state index in [1.807, 2.05) is 0 Å². The standard InChI is InChI=1S/C6H9NO/c1-2-4-3-5(4)6(7)8/h2,4-5H,1,3H2,(H2,7,8)/t4-,5?/m1/s1. The number of rotatable bonds is 2. The van der Waals surface area contributed by atoms with Crippen LogP contribution >= 0.6 is 0 Å². The smallest absolute Gasteiger partial charge is 0.221 e. The summed E-state index contributed by atoms with van der Waals surface area (Å²) in [6, 6.07) is 0. The fourth-order valence-corrected chi connectivity index (χ4v) is 0.802. The Balaban J connectivity index is 2.36. The molecule has 0 aromatic heterocycles. The molecule has 0 aromatic carbocycles. The molecular formula is C6H9NO. The van der Waals surface area contributed by atoms with Gasteiger partial charge in [0.1, 0.15) is 0 Å². The van der Waals surface area contributed by atoms with Crippen molar-refractivity contribution >= 4 is 5.91 Å². The third-order valence-corrected chi connectivity index (χ3v) is 1.51. The first-order chi connectivity index (χ1) is 3.75. The first kappa shape index (κ1) is 5.35. The molecule has 0 heterocycles. The number of primary amides is 1. The van der Waals surface area contributed by atoms with Crippen molar-refractivity contribution in [3.63, 3.8) is 0 Å². The van der Waals surface area contributed by atoms with Gasteiger partial charge in [-0.25, -0.2) is 0 Å². The molecule has 0 bridgehead atoms. The van der Waals surface area contributed by atoms with Gasteiger partial charge in [-0.05, 0) is 12.3 Å². The van der Waals surface area contributed by atoms with Gasteiger partial charge in [0.05, 0.1) is 0 Å². The molecular weight excluding hydrogens is 102 g/mol. The fraction of sp³-hybridized carbons (Fsp3) is 0.500. The number of nitrogens with two attached hydrogens (primary N) is 1. The molecule has 44 valence electrons. The molecule has 8 heavy (non-hydrogen) atoms. The molecule has 0 spiro atoms. The summed E-state index contributed by atoms with van der Waals surface area (Å²) in [7, 11) is 0. The van der Waals surface area contributed by atoms with E-state index in [2.05, 4.69) is 6.58 Å². The van der Waals surface area contributed by atoms with Crippen LogP contribution in [0.4, 0.5) is 0 Å². The topological polar surface area (TPSA) is 43.1 Å².